The summed E-state index contributed by atoms with van der Waals surface area (Å²) >= 11 is 0. The Balaban J connectivity index is 0.000000296. The third kappa shape index (κ3) is 9.00. The van der Waals surface area contributed by atoms with Crippen molar-refractivity contribution in [1.82, 2.24) is 19.5 Å². The molecule has 3 heterocycles. The first-order chi connectivity index (χ1) is 32.7. The van der Waals surface area contributed by atoms with Gasteiger partial charge in [0.1, 0.15) is 11.9 Å². The molecule has 0 fully saturated rings. The molecule has 0 amide bonds. The SMILES string of the molecule is CC(C)(C)c1cc(-c2[c-]cccc2)ncn1.CC(C)c1cc(-c2ccccc2)cc(C(C)C)c1-n1c(-c2[c-]ccc3c2oc2cc4c(cc23)c([Si](C)(C)C)cc2ccccc24)nc2ccccc21.[Ir]. The van der Waals surface area contributed by atoms with Crippen molar-refractivity contribution in [1.29, 1.82) is 0 Å². The van der Waals surface area contributed by atoms with Gasteiger partial charge in [-0.1, -0.05) is 163 Å². The Morgan fingerprint density at radius 2 is 1.30 bits per heavy atom. The van der Waals surface area contributed by atoms with Crippen molar-refractivity contribution < 1.29 is 24.5 Å². The molecule has 7 heteroatoms. The molecular formula is C62H58IrN4OSi-2. The molecule has 0 aliphatic carbocycles. The van der Waals surface area contributed by atoms with Crippen molar-refractivity contribution in [3.8, 4) is 39.5 Å². The quantitative estimate of drug-likeness (QED) is 0.0907. The average molecular weight is 1100 g/mol. The Kier molecular flexibility index (Phi) is 12.9. The van der Waals surface area contributed by atoms with Gasteiger partial charge in [-0.25, -0.2) is 4.98 Å². The number of nitrogens with zero attached hydrogens (tertiary/aromatic N) is 4. The zero-order valence-corrected chi connectivity index (χ0v) is 44.6. The molecule has 69 heavy (non-hydrogen) atoms. The first-order valence-corrected chi connectivity index (χ1v) is 27.4. The summed E-state index contributed by atoms with van der Waals surface area (Å²) in [6, 6.07) is 60.8. The maximum Gasteiger partial charge on any atom is 0.121 e. The van der Waals surface area contributed by atoms with Crippen LogP contribution in [0.15, 0.2) is 162 Å². The molecule has 0 bridgehead atoms. The molecule has 8 aromatic carbocycles. The van der Waals surface area contributed by atoms with Crippen LogP contribution in [-0.2, 0) is 25.5 Å². The smallest absolute Gasteiger partial charge is 0.121 e. The maximum atomic E-state index is 6.97. The van der Waals surface area contributed by atoms with E-state index in [0.29, 0.717) is 0 Å². The van der Waals surface area contributed by atoms with E-state index in [1.54, 1.807) is 6.33 Å². The van der Waals surface area contributed by atoms with E-state index in [2.05, 4.69) is 210 Å². The number of benzene rings is 8. The second-order valence-electron chi connectivity index (χ2n) is 20.7. The second kappa shape index (κ2) is 18.8. The van der Waals surface area contributed by atoms with Crippen LogP contribution >= 0.6 is 0 Å². The van der Waals surface area contributed by atoms with E-state index in [1.807, 2.05) is 36.4 Å². The third-order valence-electron chi connectivity index (χ3n) is 13.2. The van der Waals surface area contributed by atoms with Gasteiger partial charge in [-0.15, -0.1) is 54.1 Å². The van der Waals surface area contributed by atoms with E-state index in [0.717, 1.165) is 61.3 Å². The van der Waals surface area contributed by atoms with Crippen LogP contribution in [0.5, 0.6) is 0 Å². The summed E-state index contributed by atoms with van der Waals surface area (Å²) in [6.45, 7) is 22.9. The van der Waals surface area contributed by atoms with Gasteiger partial charge in [-0.2, -0.15) is 0 Å². The Hall–Kier alpha value is -6.50. The summed E-state index contributed by atoms with van der Waals surface area (Å²) in [5, 5.41) is 8.82. The van der Waals surface area contributed by atoms with Crippen molar-refractivity contribution in [2.75, 3.05) is 0 Å². The first-order valence-electron chi connectivity index (χ1n) is 23.9. The van der Waals surface area contributed by atoms with E-state index >= 15 is 0 Å². The summed E-state index contributed by atoms with van der Waals surface area (Å²) in [5.41, 5.74) is 13.9. The average Bonchev–Trinajstić information content (AvgIpc) is 3.91. The van der Waals surface area contributed by atoms with Crippen LogP contribution in [0.2, 0.25) is 19.6 Å². The van der Waals surface area contributed by atoms with E-state index in [4.69, 9.17) is 9.40 Å². The maximum absolute atomic E-state index is 6.97. The van der Waals surface area contributed by atoms with Gasteiger partial charge in [0, 0.05) is 42.3 Å². The molecule has 11 rings (SSSR count). The van der Waals surface area contributed by atoms with Gasteiger partial charge >= 0.3 is 0 Å². The van der Waals surface area contributed by atoms with Crippen LogP contribution in [0.4, 0.5) is 0 Å². The minimum atomic E-state index is -1.68. The van der Waals surface area contributed by atoms with E-state index < -0.39 is 8.07 Å². The molecule has 0 spiro atoms. The summed E-state index contributed by atoms with van der Waals surface area (Å²) in [7, 11) is -1.68. The predicted molar refractivity (Wildman–Crippen MR) is 289 cm³/mol. The minimum Gasteiger partial charge on any atom is -0.501 e. The molecule has 3 aromatic heterocycles. The number of imidazole rings is 1. The topological polar surface area (TPSA) is 56.7 Å². The largest absolute Gasteiger partial charge is 0.501 e. The van der Waals surface area contributed by atoms with E-state index in [1.165, 1.54) is 54.7 Å². The molecule has 0 atom stereocenters. The molecule has 0 unspecified atom stereocenters. The number of hydrogen-bond acceptors (Lipinski definition) is 4. The van der Waals surface area contributed by atoms with Gasteiger partial charge in [0.05, 0.1) is 30.5 Å². The minimum absolute atomic E-state index is 0. The molecular weight excluding hydrogens is 1040 g/mol. The number of hydrogen-bond donors (Lipinski definition) is 0. The molecule has 0 aliphatic rings. The van der Waals surface area contributed by atoms with Crippen molar-refractivity contribution in [2.24, 2.45) is 0 Å². The number of aromatic nitrogens is 4. The molecule has 0 aliphatic heterocycles. The van der Waals surface area contributed by atoms with Crippen LogP contribution in [0, 0.1) is 12.1 Å². The molecule has 0 saturated carbocycles. The Morgan fingerprint density at radius 1 is 0.609 bits per heavy atom. The molecule has 11 aromatic rings. The number of furan rings is 1. The second-order valence-corrected chi connectivity index (χ2v) is 25.8. The fraction of sp³-hybridized carbons (Fsp3) is 0.210. The van der Waals surface area contributed by atoms with Gasteiger partial charge in [-0.3, -0.25) is 9.97 Å². The number of rotatable bonds is 7. The predicted octanol–water partition coefficient (Wildman–Crippen LogP) is 16.4. The fourth-order valence-corrected chi connectivity index (χ4v) is 11.2. The Labute approximate surface area is 421 Å². The third-order valence-corrected chi connectivity index (χ3v) is 15.2. The van der Waals surface area contributed by atoms with Crippen molar-refractivity contribution >= 4 is 67.8 Å². The Bertz CT molecular complexity index is 3620. The zero-order valence-electron chi connectivity index (χ0n) is 41.2. The van der Waals surface area contributed by atoms with Crippen LogP contribution in [0.25, 0.3) is 94.0 Å². The van der Waals surface area contributed by atoms with Gasteiger partial charge in [0.15, 0.2) is 0 Å². The van der Waals surface area contributed by atoms with Crippen LogP contribution in [0.1, 0.15) is 77.1 Å². The normalized spacial score (nSPS) is 12.1. The Morgan fingerprint density at radius 3 is 2.00 bits per heavy atom. The van der Waals surface area contributed by atoms with Crippen LogP contribution in [-0.4, -0.2) is 27.6 Å². The number of fused-ring (bicyclic) bond motifs is 7. The molecule has 5 nitrogen and oxygen atoms in total. The summed E-state index contributed by atoms with van der Waals surface area (Å²) in [4.78, 5) is 14.0. The van der Waals surface area contributed by atoms with Gasteiger partial charge in [0.2, 0.25) is 0 Å². The molecule has 1 radical (unpaired) electrons. The van der Waals surface area contributed by atoms with Crippen molar-refractivity contribution in [3.05, 3.63) is 187 Å². The fourth-order valence-electron chi connectivity index (χ4n) is 9.62. The van der Waals surface area contributed by atoms with Crippen LogP contribution in [0.3, 0.4) is 0 Å². The van der Waals surface area contributed by atoms with Gasteiger partial charge in [-0.05, 0) is 97.7 Å². The summed E-state index contributed by atoms with van der Waals surface area (Å²) in [6.07, 6.45) is 1.62. The van der Waals surface area contributed by atoms with E-state index in [-0.39, 0.29) is 37.4 Å². The van der Waals surface area contributed by atoms with Crippen molar-refractivity contribution in [2.45, 2.75) is 85.4 Å². The van der Waals surface area contributed by atoms with Crippen LogP contribution < -0.4 is 5.19 Å². The van der Waals surface area contributed by atoms with E-state index in [9.17, 15) is 0 Å². The first kappa shape index (κ1) is 47.6. The number of para-hydroxylation sites is 2. The molecule has 347 valence electrons. The monoisotopic (exact) mass is 1100 g/mol. The summed E-state index contributed by atoms with van der Waals surface area (Å²) in [5.74, 6) is 1.40. The standard InChI is InChI=1S/C48H43N2OSi.C14H15N2.Ir/c1-29(2)37-24-33(31-16-9-8-10-17-31)25-38(30(3)4)46(37)50-43-23-14-13-22-42(43)49-48(50)36-21-15-20-35-40-27-41-39(28-44(40)51-47(35)36)34-19-12-11-18-32(34)26-45(41)52(5,6)7;1-14(2,3)13-9-12(15-10-16-13)11-7-5-4-6-8-11;/h8-20,22-30H,1-7H3;4-7,9-10H,1-3H3;/q2*-1;. The summed E-state index contributed by atoms with van der Waals surface area (Å²) < 4.78 is 9.36. The molecule has 0 saturated heterocycles. The molecule has 0 N–H and O–H groups in total. The van der Waals surface area contributed by atoms with Gasteiger partial charge < -0.3 is 8.98 Å². The van der Waals surface area contributed by atoms with Crippen molar-refractivity contribution in [3.63, 3.8) is 0 Å². The van der Waals surface area contributed by atoms with Gasteiger partial charge in [0.25, 0.3) is 0 Å². The zero-order chi connectivity index (χ0) is 47.5.